The molecule has 4 heteroatoms. The molecule has 0 radical (unpaired) electrons. The Morgan fingerprint density at radius 1 is 1.47 bits per heavy atom. The van der Waals surface area contributed by atoms with Gasteiger partial charge in [0.25, 0.3) is 0 Å². The third-order valence-electron chi connectivity index (χ3n) is 3.11. The van der Waals surface area contributed by atoms with Gasteiger partial charge in [-0.25, -0.2) is 0 Å². The molecule has 0 amide bonds. The highest BCUT2D eigenvalue weighted by atomic mass is 79.9. The summed E-state index contributed by atoms with van der Waals surface area (Å²) in [6, 6.07) is 6.26. The molecule has 0 unspecified atom stereocenters. The minimum absolute atomic E-state index is 0.831. The molecule has 1 aromatic rings. The molecule has 17 heavy (non-hydrogen) atoms. The van der Waals surface area contributed by atoms with Gasteiger partial charge in [0.15, 0.2) is 0 Å². The second-order valence-corrected chi connectivity index (χ2v) is 5.30. The summed E-state index contributed by atoms with van der Waals surface area (Å²) in [5.74, 6) is 1.72. The van der Waals surface area contributed by atoms with Gasteiger partial charge in [-0.3, -0.25) is 0 Å². The highest BCUT2D eigenvalue weighted by Gasteiger charge is 2.15. The Balaban J connectivity index is 1.72. The standard InChI is InChI=1S/C13H19BrN2O/c1-17-13-3-2-10(6-12(13)14)4-5-15-7-11-8-16-9-11/h2-3,6,11,15-16H,4-5,7-9H2,1H3. The predicted octanol–water partition coefficient (Wildman–Crippen LogP) is 1.81. The van der Waals surface area contributed by atoms with E-state index in [0.29, 0.717) is 0 Å². The lowest BCUT2D eigenvalue weighted by Gasteiger charge is -2.27. The van der Waals surface area contributed by atoms with E-state index in [0.717, 1.165) is 35.7 Å². The maximum atomic E-state index is 5.21. The van der Waals surface area contributed by atoms with Crippen LogP contribution < -0.4 is 15.4 Å². The van der Waals surface area contributed by atoms with Gasteiger partial charge < -0.3 is 15.4 Å². The maximum absolute atomic E-state index is 5.21. The Morgan fingerprint density at radius 2 is 2.29 bits per heavy atom. The molecule has 0 bridgehead atoms. The van der Waals surface area contributed by atoms with Crippen molar-refractivity contribution in [1.29, 1.82) is 0 Å². The Morgan fingerprint density at radius 3 is 2.88 bits per heavy atom. The number of methoxy groups -OCH3 is 1. The highest BCUT2D eigenvalue weighted by molar-refractivity contribution is 9.10. The molecule has 1 fully saturated rings. The van der Waals surface area contributed by atoms with E-state index in [4.69, 9.17) is 4.74 Å². The zero-order chi connectivity index (χ0) is 12.1. The molecular weight excluding hydrogens is 280 g/mol. The average Bonchev–Trinajstić information content (AvgIpc) is 2.26. The number of hydrogen-bond acceptors (Lipinski definition) is 3. The van der Waals surface area contributed by atoms with Crippen molar-refractivity contribution in [2.24, 2.45) is 5.92 Å². The van der Waals surface area contributed by atoms with Crippen LogP contribution in [0.15, 0.2) is 22.7 Å². The molecule has 1 aliphatic rings. The Labute approximate surface area is 111 Å². The molecule has 3 nitrogen and oxygen atoms in total. The second kappa shape index (κ2) is 6.38. The van der Waals surface area contributed by atoms with Crippen LogP contribution in [0.25, 0.3) is 0 Å². The molecule has 0 spiro atoms. The number of halogens is 1. The van der Waals surface area contributed by atoms with Crippen LogP contribution in [0.3, 0.4) is 0 Å². The number of benzene rings is 1. The summed E-state index contributed by atoms with van der Waals surface area (Å²) in [7, 11) is 1.69. The van der Waals surface area contributed by atoms with Gasteiger partial charge in [0.2, 0.25) is 0 Å². The Bertz CT molecular complexity index is 366. The summed E-state index contributed by atoms with van der Waals surface area (Å²) in [4.78, 5) is 0. The average molecular weight is 299 g/mol. The monoisotopic (exact) mass is 298 g/mol. The summed E-state index contributed by atoms with van der Waals surface area (Å²) in [5, 5.41) is 6.78. The van der Waals surface area contributed by atoms with E-state index < -0.39 is 0 Å². The van der Waals surface area contributed by atoms with Gasteiger partial charge in [0.05, 0.1) is 11.6 Å². The molecule has 1 aliphatic heterocycles. The Hall–Kier alpha value is -0.580. The molecular formula is C13H19BrN2O. The van der Waals surface area contributed by atoms with E-state index in [1.165, 1.54) is 18.7 Å². The lowest BCUT2D eigenvalue weighted by Crippen LogP contribution is -2.47. The van der Waals surface area contributed by atoms with Crippen molar-refractivity contribution in [3.05, 3.63) is 28.2 Å². The molecule has 1 aromatic carbocycles. The molecule has 1 saturated heterocycles. The van der Waals surface area contributed by atoms with Crippen molar-refractivity contribution >= 4 is 15.9 Å². The molecule has 0 atom stereocenters. The first-order valence-corrected chi connectivity index (χ1v) is 6.82. The molecule has 0 aliphatic carbocycles. The fourth-order valence-corrected chi connectivity index (χ4v) is 2.49. The fraction of sp³-hybridized carbons (Fsp3) is 0.538. The summed E-state index contributed by atoms with van der Waals surface area (Å²) >= 11 is 3.51. The first-order valence-electron chi connectivity index (χ1n) is 6.03. The zero-order valence-electron chi connectivity index (χ0n) is 10.1. The van der Waals surface area contributed by atoms with Crippen molar-refractivity contribution < 1.29 is 4.74 Å². The molecule has 2 N–H and O–H groups in total. The van der Waals surface area contributed by atoms with Crippen LogP contribution in [-0.4, -0.2) is 33.3 Å². The minimum atomic E-state index is 0.831. The molecule has 1 heterocycles. The predicted molar refractivity (Wildman–Crippen MR) is 73.6 cm³/mol. The third-order valence-corrected chi connectivity index (χ3v) is 3.73. The fourth-order valence-electron chi connectivity index (χ4n) is 1.90. The van der Waals surface area contributed by atoms with Crippen molar-refractivity contribution in [3.8, 4) is 5.75 Å². The van der Waals surface area contributed by atoms with Gasteiger partial charge >= 0.3 is 0 Å². The van der Waals surface area contributed by atoms with Crippen LogP contribution in [0.2, 0.25) is 0 Å². The van der Waals surface area contributed by atoms with Gasteiger partial charge in [-0.2, -0.15) is 0 Å². The van der Waals surface area contributed by atoms with E-state index in [-0.39, 0.29) is 0 Å². The first kappa shape index (κ1) is 12.9. The number of hydrogen-bond donors (Lipinski definition) is 2. The number of nitrogens with one attached hydrogen (secondary N) is 2. The van der Waals surface area contributed by atoms with Gasteiger partial charge in [0.1, 0.15) is 5.75 Å². The highest BCUT2D eigenvalue weighted by Crippen LogP contribution is 2.25. The second-order valence-electron chi connectivity index (χ2n) is 4.45. The van der Waals surface area contributed by atoms with Gasteiger partial charge in [-0.15, -0.1) is 0 Å². The van der Waals surface area contributed by atoms with Crippen LogP contribution in [0.5, 0.6) is 5.75 Å². The third kappa shape index (κ3) is 3.69. The normalized spacial score (nSPS) is 15.6. The number of ether oxygens (including phenoxy) is 1. The van der Waals surface area contributed by atoms with Gasteiger partial charge in [0, 0.05) is 19.6 Å². The van der Waals surface area contributed by atoms with E-state index in [1.807, 2.05) is 6.07 Å². The lowest BCUT2D eigenvalue weighted by molar-refractivity contribution is 0.333. The van der Waals surface area contributed by atoms with Crippen LogP contribution in [0.4, 0.5) is 0 Å². The zero-order valence-corrected chi connectivity index (χ0v) is 11.7. The van der Waals surface area contributed by atoms with Crippen molar-refractivity contribution in [1.82, 2.24) is 10.6 Å². The number of rotatable bonds is 6. The molecule has 0 aromatic heterocycles. The summed E-state index contributed by atoms with van der Waals surface area (Å²) in [6.07, 6.45) is 1.06. The van der Waals surface area contributed by atoms with E-state index in [1.54, 1.807) is 7.11 Å². The van der Waals surface area contributed by atoms with Crippen LogP contribution in [0.1, 0.15) is 5.56 Å². The van der Waals surface area contributed by atoms with Crippen molar-refractivity contribution in [2.75, 3.05) is 33.3 Å². The van der Waals surface area contributed by atoms with Gasteiger partial charge in [-0.1, -0.05) is 6.07 Å². The van der Waals surface area contributed by atoms with E-state index >= 15 is 0 Å². The van der Waals surface area contributed by atoms with Crippen molar-refractivity contribution in [2.45, 2.75) is 6.42 Å². The first-order chi connectivity index (χ1) is 8.29. The van der Waals surface area contributed by atoms with Crippen LogP contribution in [-0.2, 0) is 6.42 Å². The molecule has 94 valence electrons. The van der Waals surface area contributed by atoms with E-state index in [9.17, 15) is 0 Å². The van der Waals surface area contributed by atoms with Crippen LogP contribution in [0, 0.1) is 5.92 Å². The topological polar surface area (TPSA) is 33.3 Å². The summed E-state index contributed by atoms with van der Waals surface area (Å²) in [5.41, 5.74) is 1.33. The Kier molecular flexibility index (Phi) is 4.83. The largest absolute Gasteiger partial charge is 0.496 e. The smallest absolute Gasteiger partial charge is 0.133 e. The molecule has 2 rings (SSSR count). The summed E-state index contributed by atoms with van der Waals surface area (Å²) in [6.45, 7) is 4.50. The van der Waals surface area contributed by atoms with Gasteiger partial charge in [-0.05, 0) is 52.5 Å². The van der Waals surface area contributed by atoms with Crippen LogP contribution >= 0.6 is 15.9 Å². The maximum Gasteiger partial charge on any atom is 0.133 e. The van der Waals surface area contributed by atoms with E-state index in [2.05, 4.69) is 38.7 Å². The minimum Gasteiger partial charge on any atom is -0.496 e. The quantitative estimate of drug-likeness (QED) is 0.786. The lowest BCUT2D eigenvalue weighted by atomic mass is 10.0. The SMILES string of the molecule is COc1ccc(CCNCC2CNC2)cc1Br. The van der Waals surface area contributed by atoms with Crippen molar-refractivity contribution in [3.63, 3.8) is 0 Å². The molecule has 0 saturated carbocycles. The summed E-state index contributed by atoms with van der Waals surface area (Å²) < 4.78 is 6.24.